The Bertz CT molecular complexity index is 566. The number of hydrazone groups is 1. The van der Waals surface area contributed by atoms with Crippen molar-refractivity contribution in [2.45, 2.75) is 6.10 Å². The molecule has 0 amide bonds. The summed E-state index contributed by atoms with van der Waals surface area (Å²) < 4.78 is 6.04. The lowest BCUT2D eigenvalue weighted by molar-refractivity contribution is 0.107. The zero-order valence-electron chi connectivity index (χ0n) is 10.9. The van der Waals surface area contributed by atoms with Crippen molar-refractivity contribution in [1.29, 1.82) is 0 Å². The van der Waals surface area contributed by atoms with Crippen molar-refractivity contribution in [2.24, 2.45) is 5.10 Å². The van der Waals surface area contributed by atoms with Crippen molar-refractivity contribution in [3.8, 4) is 0 Å². The van der Waals surface area contributed by atoms with E-state index in [9.17, 15) is 0 Å². The van der Waals surface area contributed by atoms with Gasteiger partial charge in [-0.3, -0.25) is 5.01 Å². The van der Waals surface area contributed by atoms with Crippen molar-refractivity contribution in [2.75, 3.05) is 13.6 Å². The van der Waals surface area contributed by atoms with E-state index in [-0.39, 0.29) is 6.10 Å². The van der Waals surface area contributed by atoms with Gasteiger partial charge in [-0.25, -0.2) is 0 Å². The van der Waals surface area contributed by atoms with Gasteiger partial charge in [0.05, 0.1) is 6.54 Å². The summed E-state index contributed by atoms with van der Waals surface area (Å²) in [4.78, 5) is 0. The maximum Gasteiger partial charge on any atom is 0.238 e. The van der Waals surface area contributed by atoms with Gasteiger partial charge >= 0.3 is 0 Å². The predicted octanol–water partition coefficient (Wildman–Crippen LogP) is 3.05. The zero-order chi connectivity index (χ0) is 13.1. The minimum Gasteiger partial charge on any atom is -0.466 e. The van der Waals surface area contributed by atoms with Gasteiger partial charge in [0, 0.05) is 12.6 Å². The van der Waals surface area contributed by atoms with Crippen LogP contribution in [0.5, 0.6) is 0 Å². The lowest BCUT2D eigenvalue weighted by atomic mass is 10.1. The van der Waals surface area contributed by atoms with Crippen LogP contribution in [0.4, 0.5) is 0 Å². The second kappa shape index (κ2) is 5.14. The maximum absolute atomic E-state index is 6.04. The number of likely N-dealkylation sites (N-methyl/N-ethyl adjacent to an activating group) is 1. The number of rotatable bonds is 2. The van der Waals surface area contributed by atoms with E-state index in [4.69, 9.17) is 4.74 Å². The summed E-state index contributed by atoms with van der Waals surface area (Å²) in [6.45, 7) is 0.764. The van der Waals surface area contributed by atoms with Crippen LogP contribution in [0.3, 0.4) is 0 Å². The van der Waals surface area contributed by atoms with E-state index in [0.717, 1.165) is 12.1 Å². The highest BCUT2D eigenvalue weighted by Gasteiger charge is 2.23. The van der Waals surface area contributed by atoms with Crippen LogP contribution in [0.2, 0.25) is 0 Å². The van der Waals surface area contributed by atoms with Crippen LogP contribution in [-0.2, 0) is 4.74 Å². The first-order valence-electron chi connectivity index (χ1n) is 6.40. The van der Waals surface area contributed by atoms with Crippen LogP contribution in [0.1, 0.15) is 17.2 Å². The van der Waals surface area contributed by atoms with Crippen LogP contribution in [0, 0.1) is 0 Å². The molecule has 0 N–H and O–H groups in total. The second-order valence-electron chi connectivity index (χ2n) is 4.63. The fourth-order valence-corrected chi connectivity index (χ4v) is 2.18. The summed E-state index contributed by atoms with van der Waals surface area (Å²) in [5, 5.41) is 6.39. The molecule has 19 heavy (non-hydrogen) atoms. The number of hydrogen-bond acceptors (Lipinski definition) is 3. The van der Waals surface area contributed by atoms with Crippen molar-refractivity contribution in [3.05, 3.63) is 71.8 Å². The molecular weight excluding hydrogens is 236 g/mol. The first-order chi connectivity index (χ1) is 9.33. The minimum absolute atomic E-state index is 0.0268. The molecule has 0 radical (unpaired) electrons. The van der Waals surface area contributed by atoms with Crippen LogP contribution in [0.25, 0.3) is 0 Å². The summed E-state index contributed by atoms with van der Waals surface area (Å²) in [7, 11) is 1.97. The average molecular weight is 252 g/mol. The molecule has 0 fully saturated rings. The van der Waals surface area contributed by atoms with E-state index in [1.54, 1.807) is 0 Å². The highest BCUT2D eigenvalue weighted by atomic mass is 16.5. The summed E-state index contributed by atoms with van der Waals surface area (Å²) >= 11 is 0. The molecule has 0 bridgehead atoms. The Morgan fingerprint density at radius 3 is 2.32 bits per heavy atom. The zero-order valence-corrected chi connectivity index (χ0v) is 10.9. The van der Waals surface area contributed by atoms with Gasteiger partial charge in [-0.05, 0) is 17.7 Å². The largest absolute Gasteiger partial charge is 0.466 e. The monoisotopic (exact) mass is 252 g/mol. The summed E-state index contributed by atoms with van der Waals surface area (Å²) in [5.74, 6) is 0.684. The van der Waals surface area contributed by atoms with Gasteiger partial charge in [-0.2, -0.15) is 0 Å². The second-order valence-corrected chi connectivity index (χ2v) is 4.63. The Balaban J connectivity index is 1.88. The Labute approximate surface area is 113 Å². The van der Waals surface area contributed by atoms with E-state index in [0.29, 0.717) is 5.90 Å². The third-order valence-corrected chi connectivity index (χ3v) is 3.14. The molecule has 1 aliphatic rings. The van der Waals surface area contributed by atoms with Gasteiger partial charge in [0.1, 0.15) is 6.10 Å². The van der Waals surface area contributed by atoms with Crippen molar-refractivity contribution >= 4 is 5.90 Å². The van der Waals surface area contributed by atoms with Crippen LogP contribution in [-0.4, -0.2) is 24.5 Å². The molecule has 0 unspecified atom stereocenters. The fourth-order valence-electron chi connectivity index (χ4n) is 2.18. The molecule has 0 saturated heterocycles. The summed E-state index contributed by atoms with van der Waals surface area (Å²) in [6, 6.07) is 20.3. The average Bonchev–Trinajstić information content (AvgIpc) is 2.48. The predicted molar refractivity (Wildman–Crippen MR) is 75.9 cm³/mol. The quantitative estimate of drug-likeness (QED) is 0.820. The standard InChI is InChI=1S/C16H16N2O/c1-18-12-15(13-8-4-2-5-9-13)19-16(17-18)14-10-6-3-7-11-14/h2-11,15H,12H2,1H3/t15-/m0/s1. The summed E-state index contributed by atoms with van der Waals surface area (Å²) in [5.41, 5.74) is 2.19. The number of benzene rings is 2. The molecule has 1 aliphatic heterocycles. The SMILES string of the molecule is CN1C[C@@H](c2ccccc2)OC(c2ccccc2)=N1. The minimum atomic E-state index is 0.0268. The highest BCUT2D eigenvalue weighted by molar-refractivity contribution is 5.94. The van der Waals surface area contributed by atoms with Crippen molar-refractivity contribution in [3.63, 3.8) is 0 Å². The highest BCUT2D eigenvalue weighted by Crippen LogP contribution is 2.24. The normalized spacial score (nSPS) is 18.7. The fraction of sp³-hybridized carbons (Fsp3) is 0.188. The molecule has 1 heterocycles. The molecule has 3 rings (SSSR count). The van der Waals surface area contributed by atoms with Crippen LogP contribution < -0.4 is 0 Å². The lowest BCUT2D eigenvalue weighted by Crippen LogP contribution is -2.31. The van der Waals surface area contributed by atoms with E-state index < -0.39 is 0 Å². The van der Waals surface area contributed by atoms with Gasteiger partial charge in [0.25, 0.3) is 0 Å². The molecule has 0 spiro atoms. The van der Waals surface area contributed by atoms with E-state index in [1.807, 2.05) is 60.6 Å². The van der Waals surface area contributed by atoms with Gasteiger partial charge in [-0.1, -0.05) is 48.5 Å². The molecular formula is C16H16N2O. The third kappa shape index (κ3) is 2.60. The first-order valence-corrected chi connectivity index (χ1v) is 6.40. The Hall–Kier alpha value is -2.29. The van der Waals surface area contributed by atoms with E-state index in [1.165, 1.54) is 5.56 Å². The molecule has 0 saturated carbocycles. The molecule has 3 nitrogen and oxygen atoms in total. The Morgan fingerprint density at radius 2 is 1.63 bits per heavy atom. The van der Waals surface area contributed by atoms with E-state index in [2.05, 4.69) is 17.2 Å². The topological polar surface area (TPSA) is 24.8 Å². The number of ether oxygens (including phenoxy) is 1. The van der Waals surface area contributed by atoms with Gasteiger partial charge < -0.3 is 4.74 Å². The Morgan fingerprint density at radius 1 is 1.00 bits per heavy atom. The molecule has 2 aromatic carbocycles. The Kier molecular flexibility index (Phi) is 3.19. The smallest absolute Gasteiger partial charge is 0.238 e. The van der Waals surface area contributed by atoms with Crippen molar-refractivity contribution in [1.82, 2.24) is 5.01 Å². The molecule has 2 aromatic rings. The van der Waals surface area contributed by atoms with E-state index >= 15 is 0 Å². The first kappa shape index (κ1) is 11.8. The van der Waals surface area contributed by atoms with Gasteiger partial charge in [0.2, 0.25) is 5.90 Å². The molecule has 0 aliphatic carbocycles. The molecule has 1 atom stereocenters. The van der Waals surface area contributed by atoms with Gasteiger partial charge in [-0.15, -0.1) is 5.10 Å². The molecule has 96 valence electrons. The summed E-state index contributed by atoms with van der Waals surface area (Å²) in [6.07, 6.45) is 0.0268. The lowest BCUT2D eigenvalue weighted by Gasteiger charge is -2.29. The van der Waals surface area contributed by atoms with Crippen LogP contribution in [0.15, 0.2) is 65.8 Å². The maximum atomic E-state index is 6.04. The van der Waals surface area contributed by atoms with Gasteiger partial charge in [0.15, 0.2) is 0 Å². The van der Waals surface area contributed by atoms with Crippen molar-refractivity contribution < 1.29 is 4.74 Å². The molecule has 3 heteroatoms. The number of hydrogen-bond donors (Lipinski definition) is 0. The van der Waals surface area contributed by atoms with Crippen LogP contribution >= 0.6 is 0 Å². The third-order valence-electron chi connectivity index (χ3n) is 3.14. The molecule has 0 aromatic heterocycles. The number of nitrogens with zero attached hydrogens (tertiary/aromatic N) is 2.